The summed E-state index contributed by atoms with van der Waals surface area (Å²) in [5, 5.41) is 17.2. The highest BCUT2D eigenvalue weighted by Gasteiger charge is 2.12. The van der Waals surface area contributed by atoms with Crippen LogP contribution in [-0.4, -0.2) is 11.1 Å². The molecular weight excluding hydrogens is 221 g/mol. The van der Waals surface area contributed by atoms with Crippen molar-refractivity contribution in [3.8, 4) is 6.07 Å². The largest absolute Gasteiger partial charge is 0.481 e. The molecule has 0 atom stereocenters. The molecule has 1 rings (SSSR count). The standard InChI is InChI=1S/C10H7ClFNO2/c11-4-8-7(3-10(14)15)1-6(5-13)2-9(8)12/h1-2H,3-4H2,(H,14,15). The molecule has 5 heteroatoms. The molecule has 0 amide bonds. The average molecular weight is 228 g/mol. The fourth-order valence-corrected chi connectivity index (χ4v) is 1.53. The van der Waals surface area contributed by atoms with Crippen LogP contribution in [0.3, 0.4) is 0 Å². The Morgan fingerprint density at radius 3 is 2.73 bits per heavy atom. The predicted molar refractivity (Wildman–Crippen MR) is 52.0 cm³/mol. The van der Waals surface area contributed by atoms with Crippen LogP contribution < -0.4 is 0 Å². The lowest BCUT2D eigenvalue weighted by Crippen LogP contribution is -2.05. The van der Waals surface area contributed by atoms with Gasteiger partial charge in [-0.3, -0.25) is 4.79 Å². The number of halogens is 2. The van der Waals surface area contributed by atoms with Crippen LogP contribution in [0.2, 0.25) is 0 Å². The van der Waals surface area contributed by atoms with Gasteiger partial charge < -0.3 is 5.11 Å². The number of nitriles is 1. The minimum absolute atomic E-state index is 0.0950. The van der Waals surface area contributed by atoms with Crippen molar-refractivity contribution in [1.82, 2.24) is 0 Å². The zero-order valence-electron chi connectivity index (χ0n) is 7.63. The number of hydrogen-bond acceptors (Lipinski definition) is 2. The zero-order chi connectivity index (χ0) is 11.4. The van der Waals surface area contributed by atoms with Crippen molar-refractivity contribution in [1.29, 1.82) is 5.26 Å². The van der Waals surface area contributed by atoms with Crippen LogP contribution in [-0.2, 0) is 17.1 Å². The van der Waals surface area contributed by atoms with E-state index in [9.17, 15) is 9.18 Å². The second kappa shape index (κ2) is 4.76. The minimum atomic E-state index is -1.09. The van der Waals surface area contributed by atoms with E-state index in [1.54, 1.807) is 6.07 Å². The molecule has 0 saturated heterocycles. The van der Waals surface area contributed by atoms with Gasteiger partial charge in [-0.25, -0.2) is 4.39 Å². The summed E-state index contributed by atoms with van der Waals surface area (Å²) in [6.07, 6.45) is -0.339. The van der Waals surface area contributed by atoms with Crippen molar-refractivity contribution in [2.45, 2.75) is 12.3 Å². The molecule has 1 N–H and O–H groups in total. The quantitative estimate of drug-likeness (QED) is 0.804. The van der Waals surface area contributed by atoms with Gasteiger partial charge in [0.05, 0.1) is 23.9 Å². The molecule has 0 unspecified atom stereocenters. The van der Waals surface area contributed by atoms with E-state index in [-0.39, 0.29) is 29.0 Å². The minimum Gasteiger partial charge on any atom is -0.481 e. The number of nitrogens with zero attached hydrogens (tertiary/aromatic N) is 1. The van der Waals surface area contributed by atoms with Gasteiger partial charge in [0.1, 0.15) is 5.82 Å². The highest BCUT2D eigenvalue weighted by atomic mass is 35.5. The Morgan fingerprint density at radius 2 is 2.27 bits per heavy atom. The molecule has 0 heterocycles. The monoisotopic (exact) mass is 227 g/mol. The fraction of sp³-hybridized carbons (Fsp3) is 0.200. The second-order valence-corrected chi connectivity index (χ2v) is 3.18. The molecular formula is C10H7ClFNO2. The molecule has 0 spiro atoms. The first-order chi connectivity index (χ1) is 7.08. The maximum Gasteiger partial charge on any atom is 0.307 e. The van der Waals surface area contributed by atoms with Gasteiger partial charge in [-0.1, -0.05) is 0 Å². The van der Waals surface area contributed by atoms with Gasteiger partial charge in [0.25, 0.3) is 0 Å². The van der Waals surface area contributed by atoms with Crippen LogP contribution in [0.25, 0.3) is 0 Å². The summed E-state index contributed by atoms with van der Waals surface area (Å²) in [4.78, 5) is 10.5. The van der Waals surface area contributed by atoms with E-state index < -0.39 is 11.8 Å². The van der Waals surface area contributed by atoms with Gasteiger partial charge in [-0.2, -0.15) is 5.26 Å². The summed E-state index contributed by atoms with van der Waals surface area (Å²) < 4.78 is 13.3. The normalized spacial score (nSPS) is 9.67. The highest BCUT2D eigenvalue weighted by molar-refractivity contribution is 6.17. The van der Waals surface area contributed by atoms with Crippen LogP contribution in [0.4, 0.5) is 4.39 Å². The van der Waals surface area contributed by atoms with Gasteiger partial charge in [0.2, 0.25) is 0 Å². The molecule has 1 aromatic carbocycles. The number of carbonyl (C=O) groups is 1. The Labute approximate surface area is 90.7 Å². The van der Waals surface area contributed by atoms with Gasteiger partial charge in [0.15, 0.2) is 0 Å². The Bertz CT molecular complexity index is 440. The fourth-order valence-electron chi connectivity index (χ4n) is 1.23. The summed E-state index contributed by atoms with van der Waals surface area (Å²) in [5.74, 6) is -1.84. The molecule has 0 saturated carbocycles. The van der Waals surface area contributed by atoms with Crippen LogP contribution in [0.1, 0.15) is 16.7 Å². The Balaban J connectivity index is 3.27. The third-order valence-corrected chi connectivity index (χ3v) is 2.16. The first kappa shape index (κ1) is 11.5. The summed E-state index contributed by atoms with van der Waals surface area (Å²) in [6, 6.07) is 4.14. The summed E-state index contributed by atoms with van der Waals surface area (Å²) in [7, 11) is 0. The number of alkyl halides is 1. The Kier molecular flexibility index (Phi) is 3.64. The van der Waals surface area contributed by atoms with Crippen LogP contribution in [0.15, 0.2) is 12.1 Å². The molecule has 0 aliphatic carbocycles. The van der Waals surface area contributed by atoms with E-state index in [0.717, 1.165) is 6.07 Å². The van der Waals surface area contributed by atoms with Crippen molar-refractivity contribution in [2.75, 3.05) is 0 Å². The van der Waals surface area contributed by atoms with Gasteiger partial charge in [0, 0.05) is 5.56 Å². The average Bonchev–Trinajstić information content (AvgIpc) is 2.16. The number of hydrogen-bond donors (Lipinski definition) is 1. The SMILES string of the molecule is N#Cc1cc(F)c(CCl)c(CC(=O)O)c1. The maximum absolute atomic E-state index is 13.3. The first-order valence-electron chi connectivity index (χ1n) is 4.07. The molecule has 78 valence electrons. The van der Waals surface area contributed by atoms with Crippen LogP contribution in [0, 0.1) is 17.1 Å². The van der Waals surface area contributed by atoms with E-state index in [2.05, 4.69) is 0 Å². The van der Waals surface area contributed by atoms with Crippen molar-refractivity contribution in [3.63, 3.8) is 0 Å². The topological polar surface area (TPSA) is 61.1 Å². The lowest BCUT2D eigenvalue weighted by molar-refractivity contribution is -0.136. The molecule has 0 aromatic heterocycles. The lowest BCUT2D eigenvalue weighted by atomic mass is 10.0. The van der Waals surface area contributed by atoms with Crippen molar-refractivity contribution in [2.24, 2.45) is 0 Å². The zero-order valence-corrected chi connectivity index (χ0v) is 8.38. The Morgan fingerprint density at radius 1 is 1.60 bits per heavy atom. The number of rotatable bonds is 3. The predicted octanol–water partition coefficient (Wildman–Crippen LogP) is 2.06. The molecule has 0 bridgehead atoms. The summed E-state index contributed by atoms with van der Waals surface area (Å²) in [5.41, 5.74) is 0.477. The molecule has 1 aromatic rings. The van der Waals surface area contributed by atoms with Crippen LogP contribution >= 0.6 is 11.6 Å². The molecule has 0 aliphatic rings. The Hall–Kier alpha value is -1.60. The summed E-state index contributed by atoms with van der Waals surface area (Å²) in [6.45, 7) is 0. The van der Waals surface area contributed by atoms with E-state index >= 15 is 0 Å². The van der Waals surface area contributed by atoms with Gasteiger partial charge in [-0.15, -0.1) is 11.6 Å². The van der Waals surface area contributed by atoms with Crippen molar-refractivity contribution < 1.29 is 14.3 Å². The second-order valence-electron chi connectivity index (χ2n) is 2.91. The number of aliphatic carboxylic acids is 1. The smallest absolute Gasteiger partial charge is 0.307 e. The van der Waals surface area contributed by atoms with Gasteiger partial charge in [-0.05, 0) is 17.7 Å². The van der Waals surface area contributed by atoms with E-state index in [1.807, 2.05) is 0 Å². The maximum atomic E-state index is 13.3. The van der Waals surface area contributed by atoms with Gasteiger partial charge >= 0.3 is 5.97 Å². The lowest BCUT2D eigenvalue weighted by Gasteiger charge is -2.06. The molecule has 15 heavy (non-hydrogen) atoms. The number of benzene rings is 1. The van der Waals surface area contributed by atoms with Crippen LogP contribution in [0.5, 0.6) is 0 Å². The molecule has 0 aliphatic heterocycles. The highest BCUT2D eigenvalue weighted by Crippen LogP contribution is 2.19. The third-order valence-electron chi connectivity index (χ3n) is 1.89. The molecule has 0 fully saturated rings. The third kappa shape index (κ3) is 2.67. The van der Waals surface area contributed by atoms with E-state index in [4.69, 9.17) is 22.0 Å². The molecule has 0 radical (unpaired) electrons. The van der Waals surface area contributed by atoms with E-state index in [1.165, 1.54) is 6.07 Å². The first-order valence-corrected chi connectivity index (χ1v) is 4.61. The summed E-state index contributed by atoms with van der Waals surface area (Å²) >= 11 is 5.50. The number of carboxylic acids is 1. The molecule has 3 nitrogen and oxygen atoms in total. The van der Waals surface area contributed by atoms with Crippen molar-refractivity contribution >= 4 is 17.6 Å². The van der Waals surface area contributed by atoms with Crippen molar-refractivity contribution in [3.05, 3.63) is 34.6 Å². The van der Waals surface area contributed by atoms with E-state index in [0.29, 0.717) is 0 Å². The number of carboxylic acid groups (broad SMARTS) is 1.